The summed E-state index contributed by atoms with van der Waals surface area (Å²) in [6, 6.07) is 3.33. The van der Waals surface area contributed by atoms with Gasteiger partial charge in [0.25, 0.3) is 0 Å². The van der Waals surface area contributed by atoms with Crippen molar-refractivity contribution in [1.29, 1.82) is 0 Å². The van der Waals surface area contributed by atoms with E-state index in [9.17, 15) is 4.79 Å². The highest BCUT2D eigenvalue weighted by Crippen LogP contribution is 2.37. The molecule has 0 N–H and O–H groups in total. The van der Waals surface area contributed by atoms with Crippen molar-refractivity contribution in [2.45, 2.75) is 45.2 Å². The molecule has 2 heterocycles. The predicted octanol–water partition coefficient (Wildman–Crippen LogP) is 2.04. The predicted molar refractivity (Wildman–Crippen MR) is 75.4 cm³/mol. The molecule has 0 aromatic carbocycles. The molecule has 1 fully saturated rings. The van der Waals surface area contributed by atoms with Gasteiger partial charge >= 0.3 is 13.1 Å². The van der Waals surface area contributed by atoms with Crippen LogP contribution < -0.4 is 0 Å². The Morgan fingerprint density at radius 3 is 2.45 bits per heavy atom. The molecule has 0 bridgehead atoms. The molecule has 20 heavy (non-hydrogen) atoms. The van der Waals surface area contributed by atoms with E-state index < -0.39 is 0 Å². The number of methoxy groups -OCH3 is 1. The minimum Gasteiger partial charge on any atom is -0.465 e. The Morgan fingerprint density at radius 2 is 1.90 bits per heavy atom. The van der Waals surface area contributed by atoms with Gasteiger partial charge in [0.05, 0.1) is 23.9 Å². The molecule has 1 aliphatic rings. The van der Waals surface area contributed by atoms with Crippen molar-refractivity contribution in [1.82, 2.24) is 4.98 Å². The molecule has 0 saturated carbocycles. The first kappa shape index (κ1) is 15.0. The highest BCUT2D eigenvalue weighted by molar-refractivity contribution is 6.44. The summed E-state index contributed by atoms with van der Waals surface area (Å²) in [6.45, 7) is 8.02. The van der Waals surface area contributed by atoms with Crippen molar-refractivity contribution in [3.63, 3.8) is 0 Å². The number of hydrogen-bond donors (Lipinski definition) is 0. The van der Waals surface area contributed by atoms with Gasteiger partial charge in [-0.05, 0) is 39.8 Å². The third kappa shape index (κ3) is 2.86. The Morgan fingerprint density at radius 1 is 1.30 bits per heavy atom. The van der Waals surface area contributed by atoms with Crippen LogP contribution in [0.4, 0.5) is 0 Å². The van der Waals surface area contributed by atoms with E-state index in [0.717, 1.165) is 5.69 Å². The molecule has 5 nitrogen and oxygen atoms in total. The number of aromatic nitrogens is 1. The van der Waals surface area contributed by atoms with Crippen molar-refractivity contribution in [2.75, 3.05) is 7.11 Å². The molecule has 0 unspecified atom stereocenters. The van der Waals surface area contributed by atoms with Crippen molar-refractivity contribution in [2.24, 2.45) is 0 Å². The average Bonchev–Trinajstić information content (AvgIpc) is 2.56. The van der Waals surface area contributed by atoms with Crippen LogP contribution in [0.2, 0.25) is 0 Å². The molecule has 0 aliphatic carbocycles. The lowest BCUT2D eigenvalue weighted by molar-refractivity contribution is 0.00578. The quantitative estimate of drug-likeness (QED) is 0.625. The Labute approximate surface area is 119 Å². The van der Waals surface area contributed by atoms with E-state index in [1.165, 1.54) is 7.11 Å². The van der Waals surface area contributed by atoms with E-state index in [4.69, 9.17) is 14.0 Å². The molecule has 0 amide bonds. The number of nitrogens with zero attached hydrogens (tertiary/aromatic N) is 1. The van der Waals surface area contributed by atoms with Crippen molar-refractivity contribution < 1.29 is 18.8 Å². The smallest absolute Gasteiger partial charge is 0.464 e. The van der Waals surface area contributed by atoms with Gasteiger partial charge < -0.3 is 14.0 Å². The molecule has 6 heteroatoms. The molecule has 0 spiro atoms. The normalized spacial score (nSPS) is 19.9. The van der Waals surface area contributed by atoms with Crippen LogP contribution in [0.15, 0.2) is 18.3 Å². The summed E-state index contributed by atoms with van der Waals surface area (Å²) in [5, 5.41) is 0. The first-order chi connectivity index (χ1) is 9.25. The van der Waals surface area contributed by atoms with Crippen LogP contribution in [0, 0.1) is 0 Å². The maximum absolute atomic E-state index is 11.5. The van der Waals surface area contributed by atoms with Crippen molar-refractivity contribution in [3.8, 4) is 0 Å². The van der Waals surface area contributed by atoms with E-state index in [1.54, 1.807) is 18.3 Å². The number of hydrogen-bond acceptors (Lipinski definition) is 5. The van der Waals surface area contributed by atoms with Gasteiger partial charge in [-0.1, -0.05) is 0 Å². The van der Waals surface area contributed by atoms with Gasteiger partial charge in [-0.25, -0.2) is 4.79 Å². The number of pyridine rings is 1. The molecular weight excluding hydrogens is 257 g/mol. The highest BCUT2D eigenvalue weighted by Gasteiger charge is 2.50. The number of rotatable bonds is 3. The van der Waals surface area contributed by atoms with Gasteiger partial charge in [0.1, 0.15) is 0 Å². The van der Waals surface area contributed by atoms with Gasteiger partial charge in [-0.3, -0.25) is 4.98 Å². The van der Waals surface area contributed by atoms with Crippen LogP contribution >= 0.6 is 0 Å². The van der Waals surface area contributed by atoms with E-state index in [1.807, 2.05) is 27.7 Å². The monoisotopic (exact) mass is 277 g/mol. The Bertz CT molecular complexity index is 500. The van der Waals surface area contributed by atoms with Crippen LogP contribution in [0.5, 0.6) is 0 Å². The minimum absolute atomic E-state index is 0.361. The maximum Gasteiger partial charge on any atom is 0.464 e. The zero-order chi connectivity index (χ0) is 15.0. The lowest BCUT2D eigenvalue weighted by atomic mass is 9.82. The van der Waals surface area contributed by atoms with Gasteiger partial charge in [0.15, 0.2) is 0 Å². The maximum atomic E-state index is 11.5. The summed E-state index contributed by atoms with van der Waals surface area (Å²) in [6.07, 6.45) is 2.09. The first-order valence-electron chi connectivity index (χ1n) is 6.64. The topological polar surface area (TPSA) is 57.7 Å². The highest BCUT2D eigenvalue weighted by atomic mass is 16.7. The number of carbonyl (C=O) groups excluding carboxylic acids is 1. The molecule has 108 valence electrons. The fourth-order valence-corrected chi connectivity index (χ4v) is 2.05. The second-order valence-corrected chi connectivity index (χ2v) is 5.92. The van der Waals surface area contributed by atoms with Crippen LogP contribution in [-0.4, -0.2) is 36.4 Å². The Balaban J connectivity index is 2.10. The van der Waals surface area contributed by atoms with E-state index >= 15 is 0 Å². The van der Waals surface area contributed by atoms with Crippen LogP contribution in [0.3, 0.4) is 0 Å². The molecule has 1 aromatic rings. The molecule has 1 saturated heterocycles. The van der Waals surface area contributed by atoms with E-state index in [0.29, 0.717) is 11.9 Å². The Hall–Kier alpha value is -1.40. The lowest BCUT2D eigenvalue weighted by Crippen LogP contribution is -2.41. The summed E-state index contributed by atoms with van der Waals surface area (Å²) in [7, 11) is 0.997. The van der Waals surface area contributed by atoms with Crippen LogP contribution in [0.25, 0.3) is 0 Å². The third-order valence-corrected chi connectivity index (χ3v) is 3.92. The largest absolute Gasteiger partial charge is 0.465 e. The second-order valence-electron chi connectivity index (χ2n) is 5.92. The average molecular weight is 277 g/mol. The Kier molecular flexibility index (Phi) is 3.89. The van der Waals surface area contributed by atoms with Crippen LogP contribution in [-0.2, 0) is 20.4 Å². The minimum atomic E-state index is -0.373. The molecule has 2 rings (SSSR count). The van der Waals surface area contributed by atoms with Gasteiger partial charge in [-0.15, -0.1) is 0 Å². The van der Waals surface area contributed by atoms with Gasteiger partial charge in [-0.2, -0.15) is 0 Å². The van der Waals surface area contributed by atoms with E-state index in [2.05, 4.69) is 4.98 Å². The fourth-order valence-electron chi connectivity index (χ4n) is 2.05. The van der Waals surface area contributed by atoms with E-state index in [-0.39, 0.29) is 24.3 Å². The van der Waals surface area contributed by atoms with Gasteiger partial charge in [0.2, 0.25) is 0 Å². The number of carbonyl (C=O) groups is 1. The number of ether oxygens (including phenoxy) is 1. The number of esters is 1. The lowest BCUT2D eigenvalue weighted by Gasteiger charge is -2.32. The fraction of sp³-hybridized carbons (Fsp3) is 0.571. The molecular formula is C14H20BNO4. The first-order valence-corrected chi connectivity index (χ1v) is 6.64. The zero-order valence-corrected chi connectivity index (χ0v) is 12.6. The summed E-state index contributed by atoms with van der Waals surface area (Å²) in [4.78, 5) is 15.7. The summed E-state index contributed by atoms with van der Waals surface area (Å²) >= 11 is 0. The van der Waals surface area contributed by atoms with Gasteiger partial charge in [0, 0.05) is 18.2 Å². The van der Waals surface area contributed by atoms with Crippen LogP contribution in [0.1, 0.15) is 43.7 Å². The van der Waals surface area contributed by atoms with Crippen molar-refractivity contribution in [3.05, 3.63) is 29.6 Å². The summed E-state index contributed by atoms with van der Waals surface area (Å²) < 4.78 is 16.5. The zero-order valence-electron chi connectivity index (χ0n) is 12.6. The molecule has 1 aliphatic heterocycles. The summed E-state index contributed by atoms with van der Waals surface area (Å²) in [5.74, 6) is -0.373. The third-order valence-electron chi connectivity index (χ3n) is 3.92. The summed E-state index contributed by atoms with van der Waals surface area (Å²) in [5.41, 5.74) is 0.496. The SMILES string of the molecule is COC(=O)c1ccnc(CB2OC(C)(C)C(C)(C)O2)c1. The molecule has 0 radical (unpaired) electrons. The molecule has 1 aromatic heterocycles. The molecule has 0 atom stereocenters. The standard InChI is InChI=1S/C14H20BNO4/c1-13(2)14(3,4)20-15(19-13)9-11-8-10(6-7-16-11)12(17)18-5/h6-8H,9H2,1-5H3. The second kappa shape index (κ2) is 5.18. The van der Waals surface area contributed by atoms with Crippen molar-refractivity contribution >= 4 is 13.1 Å².